The van der Waals surface area contributed by atoms with Crippen LogP contribution in [0.25, 0.3) is 0 Å². The summed E-state index contributed by atoms with van der Waals surface area (Å²) < 4.78 is 0. The van der Waals surface area contributed by atoms with E-state index in [-0.39, 0.29) is 11.5 Å². The number of Topliss-reactive ketones (excluding diaryl/α,β-unsaturated/α-hetero) is 1. The number of hydrogen-bond donors (Lipinski definition) is 1. The number of aliphatic hydroxyl groups excluding tert-OH is 1. The Hall–Kier alpha value is -0.370. The Morgan fingerprint density at radius 2 is 1.61 bits per heavy atom. The normalized spacial score (nSPS) is 55.7. The highest BCUT2D eigenvalue weighted by molar-refractivity contribution is 5.79. The fraction of sp³-hybridized carbons (Fsp3) is 0.952. The minimum atomic E-state index is -0.0490. The van der Waals surface area contributed by atoms with Gasteiger partial charge in [-0.1, -0.05) is 13.8 Å². The lowest BCUT2D eigenvalue weighted by Gasteiger charge is -2.60. The van der Waals surface area contributed by atoms with Crippen molar-refractivity contribution >= 4 is 5.78 Å². The van der Waals surface area contributed by atoms with Crippen LogP contribution in [-0.2, 0) is 4.79 Å². The summed E-state index contributed by atoms with van der Waals surface area (Å²) in [6, 6.07) is 0. The first-order valence-corrected chi connectivity index (χ1v) is 10.0. The molecular weight excluding hydrogens is 284 g/mol. The van der Waals surface area contributed by atoms with E-state index in [1.165, 1.54) is 38.5 Å². The zero-order valence-electron chi connectivity index (χ0n) is 15.2. The average molecular weight is 319 g/mol. The van der Waals surface area contributed by atoms with Crippen molar-refractivity contribution in [1.82, 2.24) is 0 Å². The summed E-state index contributed by atoms with van der Waals surface area (Å²) in [5.41, 5.74) is 0.738. The number of ketones is 1. The second-order valence-corrected chi connectivity index (χ2v) is 9.87. The molecule has 0 bridgehead atoms. The average Bonchev–Trinajstić information content (AvgIpc) is 2.85. The second kappa shape index (κ2) is 5.31. The van der Waals surface area contributed by atoms with E-state index in [4.69, 9.17) is 0 Å². The van der Waals surface area contributed by atoms with E-state index >= 15 is 0 Å². The molecule has 0 aromatic heterocycles. The molecule has 4 rings (SSSR count). The Balaban J connectivity index is 1.61. The Labute approximate surface area is 141 Å². The Bertz CT molecular complexity index is 500. The van der Waals surface area contributed by atoms with E-state index in [0.29, 0.717) is 17.1 Å². The first kappa shape index (κ1) is 16.1. The third-order valence-electron chi connectivity index (χ3n) is 9.13. The van der Waals surface area contributed by atoms with Gasteiger partial charge in [0.15, 0.2) is 0 Å². The van der Waals surface area contributed by atoms with Crippen molar-refractivity contribution in [2.75, 3.05) is 0 Å². The summed E-state index contributed by atoms with van der Waals surface area (Å²) in [7, 11) is 0. The molecule has 0 aromatic carbocycles. The fourth-order valence-corrected chi connectivity index (χ4v) is 7.90. The van der Waals surface area contributed by atoms with Gasteiger partial charge in [-0.15, -0.1) is 0 Å². The van der Waals surface area contributed by atoms with Crippen molar-refractivity contribution in [2.24, 2.45) is 40.4 Å². The highest BCUT2D eigenvalue weighted by atomic mass is 16.3. The van der Waals surface area contributed by atoms with Gasteiger partial charge in [0, 0.05) is 5.92 Å². The molecule has 1 N–H and O–H groups in total. The number of carbonyl (C=O) groups excluding carboxylic acids is 1. The van der Waals surface area contributed by atoms with Crippen LogP contribution >= 0.6 is 0 Å². The van der Waals surface area contributed by atoms with Crippen molar-refractivity contribution in [3.63, 3.8) is 0 Å². The van der Waals surface area contributed by atoms with Crippen molar-refractivity contribution in [3.8, 4) is 0 Å². The van der Waals surface area contributed by atoms with Gasteiger partial charge < -0.3 is 5.11 Å². The van der Waals surface area contributed by atoms with E-state index in [0.717, 1.165) is 42.9 Å². The van der Waals surface area contributed by atoms with E-state index in [9.17, 15) is 9.90 Å². The SMILES string of the molecule is CC(=O)[C@@H]1CC[C@@H]2[C@H]3CC[C@H]4C[C@@H](O)CC[C@]4(C)[C@@H]3CC[C@]21C. The topological polar surface area (TPSA) is 37.3 Å². The lowest BCUT2D eigenvalue weighted by molar-refractivity contribution is -0.138. The fourth-order valence-electron chi connectivity index (χ4n) is 7.90. The Morgan fingerprint density at radius 1 is 0.913 bits per heavy atom. The zero-order chi connectivity index (χ0) is 16.4. The van der Waals surface area contributed by atoms with Gasteiger partial charge >= 0.3 is 0 Å². The molecule has 0 spiro atoms. The molecule has 8 atom stereocenters. The quantitative estimate of drug-likeness (QED) is 0.767. The molecule has 2 heteroatoms. The maximum atomic E-state index is 12.2. The van der Waals surface area contributed by atoms with Gasteiger partial charge in [0.25, 0.3) is 0 Å². The summed E-state index contributed by atoms with van der Waals surface area (Å²) in [5, 5.41) is 10.1. The smallest absolute Gasteiger partial charge is 0.133 e. The van der Waals surface area contributed by atoms with Crippen LogP contribution in [0.1, 0.15) is 78.6 Å². The maximum Gasteiger partial charge on any atom is 0.133 e. The molecule has 0 saturated heterocycles. The minimum Gasteiger partial charge on any atom is -0.393 e. The van der Waals surface area contributed by atoms with Crippen molar-refractivity contribution in [1.29, 1.82) is 0 Å². The van der Waals surface area contributed by atoms with Gasteiger partial charge in [-0.05, 0) is 99.2 Å². The second-order valence-electron chi connectivity index (χ2n) is 9.87. The molecule has 23 heavy (non-hydrogen) atoms. The Kier molecular flexibility index (Phi) is 3.72. The largest absolute Gasteiger partial charge is 0.393 e. The predicted octanol–water partition coefficient (Wildman–Crippen LogP) is 4.60. The number of rotatable bonds is 1. The van der Waals surface area contributed by atoms with Gasteiger partial charge in [0.1, 0.15) is 5.78 Å². The van der Waals surface area contributed by atoms with E-state index < -0.39 is 0 Å². The standard InChI is InChI=1S/C21H34O2/c1-13(22)17-6-7-18-16-5-4-14-12-15(23)8-10-20(14,2)19(16)9-11-21(17,18)3/h14-19,23H,4-12H2,1-3H3/t14-,15-,16+,17-,18+,19+,20-,21-/m0/s1. The molecule has 2 nitrogen and oxygen atoms in total. The van der Waals surface area contributed by atoms with Gasteiger partial charge in [-0.25, -0.2) is 0 Å². The van der Waals surface area contributed by atoms with E-state index in [1.54, 1.807) is 0 Å². The number of fused-ring (bicyclic) bond motifs is 5. The van der Waals surface area contributed by atoms with Crippen LogP contribution < -0.4 is 0 Å². The van der Waals surface area contributed by atoms with E-state index in [2.05, 4.69) is 13.8 Å². The molecule has 4 aliphatic rings. The van der Waals surface area contributed by atoms with Crippen LogP contribution in [0.5, 0.6) is 0 Å². The van der Waals surface area contributed by atoms with Crippen molar-refractivity contribution in [2.45, 2.75) is 84.7 Å². The van der Waals surface area contributed by atoms with Crippen molar-refractivity contribution < 1.29 is 9.90 Å². The van der Waals surface area contributed by atoms with Crippen molar-refractivity contribution in [3.05, 3.63) is 0 Å². The molecule has 0 heterocycles. The third-order valence-corrected chi connectivity index (χ3v) is 9.13. The van der Waals surface area contributed by atoms with Crippen LogP contribution in [-0.4, -0.2) is 17.0 Å². The summed E-state index contributed by atoms with van der Waals surface area (Å²) >= 11 is 0. The van der Waals surface area contributed by atoms with Gasteiger partial charge in [0.05, 0.1) is 6.10 Å². The molecule has 4 fully saturated rings. The monoisotopic (exact) mass is 318 g/mol. The molecule has 4 saturated carbocycles. The van der Waals surface area contributed by atoms with Crippen LogP contribution in [0.2, 0.25) is 0 Å². The third kappa shape index (κ3) is 2.19. The molecule has 0 amide bonds. The molecule has 4 aliphatic carbocycles. The molecule has 130 valence electrons. The minimum absolute atomic E-state index is 0.0490. The summed E-state index contributed by atoms with van der Waals surface area (Å²) in [4.78, 5) is 12.2. The molecule has 0 aliphatic heterocycles. The van der Waals surface area contributed by atoms with Gasteiger partial charge in [0.2, 0.25) is 0 Å². The van der Waals surface area contributed by atoms with E-state index in [1.807, 2.05) is 6.92 Å². The highest BCUT2D eigenvalue weighted by Crippen LogP contribution is 2.67. The van der Waals surface area contributed by atoms with Crippen LogP contribution in [0, 0.1) is 40.4 Å². The molecule has 0 unspecified atom stereocenters. The first-order chi connectivity index (χ1) is 10.9. The van der Waals surface area contributed by atoms with Crippen LogP contribution in [0.3, 0.4) is 0 Å². The first-order valence-electron chi connectivity index (χ1n) is 10.0. The van der Waals surface area contributed by atoms with Gasteiger partial charge in [-0.2, -0.15) is 0 Å². The number of aliphatic hydroxyl groups is 1. The predicted molar refractivity (Wildman–Crippen MR) is 91.9 cm³/mol. The lowest BCUT2D eigenvalue weighted by atomic mass is 9.44. The summed E-state index contributed by atoms with van der Waals surface area (Å²) in [5.74, 6) is 3.97. The maximum absolute atomic E-state index is 12.2. The Morgan fingerprint density at radius 3 is 2.35 bits per heavy atom. The summed E-state index contributed by atoms with van der Waals surface area (Å²) in [6.07, 6.45) is 10.9. The lowest BCUT2D eigenvalue weighted by Crippen LogP contribution is -2.54. The molecular formula is C21H34O2. The molecule has 0 aromatic rings. The number of carbonyl (C=O) groups is 1. The van der Waals surface area contributed by atoms with Crippen LogP contribution in [0.4, 0.5) is 0 Å². The zero-order valence-corrected chi connectivity index (χ0v) is 15.2. The molecule has 0 radical (unpaired) electrons. The summed E-state index contributed by atoms with van der Waals surface area (Å²) in [6.45, 7) is 6.80. The number of hydrogen-bond acceptors (Lipinski definition) is 2. The highest BCUT2D eigenvalue weighted by Gasteiger charge is 2.60. The van der Waals surface area contributed by atoms with Crippen LogP contribution in [0.15, 0.2) is 0 Å². The van der Waals surface area contributed by atoms with Gasteiger partial charge in [-0.3, -0.25) is 4.79 Å².